The van der Waals surface area contributed by atoms with E-state index in [9.17, 15) is 9.59 Å². The maximum atomic E-state index is 10.9. The first kappa shape index (κ1) is 58.5. The first-order chi connectivity index (χ1) is 29.1. The van der Waals surface area contributed by atoms with Crippen LogP contribution in [0.4, 0.5) is 0 Å². The van der Waals surface area contributed by atoms with Crippen LogP contribution in [0.3, 0.4) is 0 Å². The number of halogens is 6. The van der Waals surface area contributed by atoms with Gasteiger partial charge in [-0.05, 0) is 114 Å². The molecule has 0 saturated carbocycles. The molecule has 0 aliphatic carbocycles. The Morgan fingerprint density at radius 1 is 0.742 bits per heavy atom. The van der Waals surface area contributed by atoms with Crippen LogP contribution in [0.15, 0.2) is 84.9 Å². The molecule has 1 unspecified atom stereocenters. The number of rotatable bonds is 14. The summed E-state index contributed by atoms with van der Waals surface area (Å²) in [6.07, 6.45) is 3.84. The highest BCUT2D eigenvalue weighted by molar-refractivity contribution is 6.67. The highest BCUT2D eigenvalue weighted by Gasteiger charge is 2.23. The number of nitrogens with one attached hydrogen (secondary N) is 2. The highest BCUT2D eigenvalue weighted by atomic mass is 35.5. The van der Waals surface area contributed by atoms with Crippen molar-refractivity contribution in [3.63, 3.8) is 0 Å². The van der Waals surface area contributed by atoms with E-state index in [0.29, 0.717) is 25.0 Å². The average Bonchev–Trinajstić information content (AvgIpc) is 3.29. The van der Waals surface area contributed by atoms with Crippen molar-refractivity contribution in [1.29, 1.82) is 0 Å². The van der Waals surface area contributed by atoms with Gasteiger partial charge in [0, 0.05) is 37.6 Å². The van der Waals surface area contributed by atoms with E-state index < -0.39 is 5.24 Å². The zero-order chi connectivity index (χ0) is 44.1. The van der Waals surface area contributed by atoms with Gasteiger partial charge in [0.05, 0.1) is 40.9 Å². The number of fused-ring (bicyclic) bond motifs is 2. The SMILES string of the molecule is COCC1[NH2+]CCc2cc(OC)ccc21.COc1ccc2c(c1)CC[NH+]=C2CCl.COc1cccc(CCN)c1.COc1cccc(CCNC(=O)CCl)c1.O=C(Cl)CCl.[Cl-].[Cl-]. The zero-order valence-electron chi connectivity index (χ0n) is 35.9. The molecule has 0 aromatic heterocycles. The summed E-state index contributed by atoms with van der Waals surface area (Å²) in [5.74, 6) is 3.91. The molecule has 2 heterocycles. The second-order valence-corrected chi connectivity index (χ2v) is 14.4. The monoisotopic (exact) mass is 978 g/mol. The quantitative estimate of drug-likeness (QED) is 0.0897. The van der Waals surface area contributed by atoms with Crippen molar-refractivity contribution in [1.82, 2.24) is 5.32 Å². The third-order valence-electron chi connectivity index (χ3n) is 9.13. The van der Waals surface area contributed by atoms with E-state index in [1.54, 1.807) is 35.5 Å². The van der Waals surface area contributed by atoms with Crippen LogP contribution in [-0.4, -0.2) is 103 Å². The van der Waals surface area contributed by atoms with Crippen LogP contribution in [-0.2, 0) is 40.0 Å². The van der Waals surface area contributed by atoms with Crippen LogP contribution in [0.25, 0.3) is 0 Å². The number of benzene rings is 4. The van der Waals surface area contributed by atoms with Crippen molar-refractivity contribution in [3.8, 4) is 23.0 Å². The lowest BCUT2D eigenvalue weighted by Crippen LogP contribution is -3.00. The maximum absolute atomic E-state index is 10.9. The predicted octanol–water partition coefficient (Wildman–Crippen LogP) is -1.35. The molecule has 0 saturated heterocycles. The second kappa shape index (κ2) is 34.9. The van der Waals surface area contributed by atoms with Crippen molar-refractivity contribution in [2.75, 3.05) is 86.0 Å². The predicted molar refractivity (Wildman–Crippen MR) is 243 cm³/mol. The fraction of sp³-hybridized carbons (Fsp3) is 0.400. The highest BCUT2D eigenvalue weighted by Crippen LogP contribution is 2.24. The summed E-state index contributed by atoms with van der Waals surface area (Å²) in [5, 5.41) is 4.54. The van der Waals surface area contributed by atoms with Crippen molar-refractivity contribution in [3.05, 3.63) is 118 Å². The first-order valence-corrected chi connectivity index (χ1v) is 21.4. The molecule has 0 bridgehead atoms. The summed E-state index contributed by atoms with van der Waals surface area (Å²) >= 11 is 20.7. The lowest BCUT2D eigenvalue weighted by molar-refractivity contribution is -0.700. The lowest BCUT2D eigenvalue weighted by Gasteiger charge is -2.23. The number of carbonyl (C=O) groups excluding carboxylic acids is 2. The van der Waals surface area contributed by atoms with E-state index in [1.807, 2.05) is 54.6 Å². The molecular weight excluding hydrogens is 921 g/mol. The van der Waals surface area contributed by atoms with Gasteiger partial charge in [-0.1, -0.05) is 24.3 Å². The average molecular weight is 982 g/mol. The van der Waals surface area contributed by atoms with Crippen molar-refractivity contribution in [2.45, 2.75) is 31.7 Å². The van der Waals surface area contributed by atoms with Gasteiger partial charge in [0.1, 0.15) is 54.0 Å². The number of carbonyl (C=O) groups is 2. The smallest absolute Gasteiger partial charge is 0.236 e. The zero-order valence-corrected chi connectivity index (χ0v) is 40.5. The summed E-state index contributed by atoms with van der Waals surface area (Å²) < 4.78 is 25.8. The van der Waals surface area contributed by atoms with Gasteiger partial charge in [-0.2, -0.15) is 0 Å². The lowest BCUT2D eigenvalue weighted by atomic mass is 9.94. The Labute approximate surface area is 399 Å². The van der Waals surface area contributed by atoms with Gasteiger partial charge in [-0.15, -0.1) is 34.8 Å². The minimum Gasteiger partial charge on any atom is -1.00 e. The van der Waals surface area contributed by atoms with Gasteiger partial charge in [-0.25, -0.2) is 4.99 Å². The molecule has 0 fully saturated rings. The topological polar surface area (TPSA) is 149 Å². The second-order valence-electron chi connectivity index (χ2n) is 13.2. The molecule has 4 aromatic rings. The molecule has 2 aliphatic heterocycles. The van der Waals surface area contributed by atoms with Crippen LogP contribution in [0.5, 0.6) is 23.0 Å². The molecule has 0 spiro atoms. The van der Waals surface area contributed by atoms with Gasteiger partial charge >= 0.3 is 0 Å². The van der Waals surface area contributed by atoms with Crippen LogP contribution < -0.4 is 65.1 Å². The molecule has 11 nitrogen and oxygen atoms in total. The summed E-state index contributed by atoms with van der Waals surface area (Å²) in [4.78, 5) is 23.6. The van der Waals surface area contributed by atoms with Crippen molar-refractivity contribution >= 4 is 63.3 Å². The first-order valence-electron chi connectivity index (χ1n) is 19.4. The van der Waals surface area contributed by atoms with E-state index in [0.717, 1.165) is 79.7 Å². The Morgan fingerprint density at radius 2 is 1.29 bits per heavy atom. The van der Waals surface area contributed by atoms with E-state index in [2.05, 4.69) is 46.0 Å². The number of quaternary nitrogens is 1. The van der Waals surface area contributed by atoms with Crippen molar-refractivity contribution in [2.24, 2.45) is 5.73 Å². The standard InChI is InChI=1S/C12H17NO2.C11H14ClNO2.C11H12ClNO.C9H13NO.C2H2Cl2O.2ClH/c1-14-8-12-11-4-3-10(15-2)7-9(11)5-6-13-12;1-15-10-4-2-3-9(7-10)5-6-13-11(14)8-12;1-14-9-2-3-10-8(6-9)4-5-13-11(10)7-12;1-11-9-4-2-3-8(7-9)5-6-10;3-1-2(4)5;;/h3-4,7,12-13H,5-6,8H2,1-2H3;2-4,7H,5-6,8H2,1H3,(H,13,14);2-3,6H,4-5,7H2,1H3;2-4,7H,5-6,10H2,1H3;1H2;2*1H. The molecule has 6 rings (SSSR count). The maximum Gasteiger partial charge on any atom is 0.236 e. The third-order valence-corrected chi connectivity index (χ3v) is 10.2. The molecule has 4 aromatic carbocycles. The van der Waals surface area contributed by atoms with E-state index in [1.165, 1.54) is 27.8 Å². The molecule has 6 N–H and O–H groups in total. The number of amides is 1. The Morgan fingerprint density at radius 3 is 1.81 bits per heavy atom. The fourth-order valence-electron chi connectivity index (χ4n) is 6.17. The molecule has 1 amide bonds. The van der Waals surface area contributed by atoms with Gasteiger partial charge in [0.2, 0.25) is 11.1 Å². The summed E-state index contributed by atoms with van der Waals surface area (Å²) in [7, 11) is 8.46. The van der Waals surface area contributed by atoms with E-state index >= 15 is 0 Å². The molecular formula is C45H60Cl6N4O7. The number of hydrogen-bond acceptors (Lipinski definition) is 8. The third kappa shape index (κ3) is 22.2. The Hall–Kier alpha value is -3.49. The van der Waals surface area contributed by atoms with Crippen molar-refractivity contribution < 1.29 is 68.4 Å². The molecule has 17 heteroatoms. The summed E-state index contributed by atoms with van der Waals surface area (Å²) in [5.41, 5.74) is 14.2. The summed E-state index contributed by atoms with van der Waals surface area (Å²) in [6.45, 7) is 4.15. The van der Waals surface area contributed by atoms with Crippen LogP contribution in [0.2, 0.25) is 0 Å². The van der Waals surface area contributed by atoms with Gasteiger partial charge in [0.25, 0.3) is 0 Å². The largest absolute Gasteiger partial charge is 1.00 e. The number of methoxy groups -OCH3 is 5. The number of alkyl halides is 3. The van der Waals surface area contributed by atoms with Crippen LogP contribution >= 0.6 is 46.4 Å². The molecule has 1 atom stereocenters. The fourth-order valence-corrected chi connectivity index (χ4v) is 6.50. The van der Waals surface area contributed by atoms with E-state index in [-0.39, 0.29) is 42.5 Å². The minimum absolute atomic E-state index is 0. The normalized spacial score (nSPS) is 12.7. The van der Waals surface area contributed by atoms with Gasteiger partial charge < -0.3 is 64.9 Å². The van der Waals surface area contributed by atoms with Crippen LogP contribution in [0.1, 0.15) is 39.4 Å². The van der Waals surface area contributed by atoms with Gasteiger partial charge in [0.15, 0.2) is 5.71 Å². The Kier molecular flexibility index (Phi) is 33.0. The Bertz CT molecular complexity index is 1910. The molecule has 344 valence electrons. The number of hydrogen-bond donors (Lipinski definition) is 4. The molecule has 2 aliphatic rings. The summed E-state index contributed by atoms with van der Waals surface area (Å²) in [6, 6.07) is 28.6. The van der Waals surface area contributed by atoms with Crippen LogP contribution in [0, 0.1) is 0 Å². The number of ether oxygens (including phenoxy) is 5. The molecule has 62 heavy (non-hydrogen) atoms. The molecule has 0 radical (unpaired) electrons. The van der Waals surface area contributed by atoms with E-state index in [4.69, 9.17) is 75.8 Å². The van der Waals surface area contributed by atoms with Gasteiger partial charge in [-0.3, -0.25) is 9.59 Å². The number of nitrogens with two attached hydrogens (primary N) is 2. The Balaban J connectivity index is 0.000000767. The minimum atomic E-state index is -0.508.